The lowest BCUT2D eigenvalue weighted by Crippen LogP contribution is -2.45. The second-order valence-electron chi connectivity index (χ2n) is 5.11. The molecule has 0 bridgehead atoms. The number of benzene rings is 1. The summed E-state index contributed by atoms with van der Waals surface area (Å²) in [6, 6.07) is 7.28. The third-order valence-electron chi connectivity index (χ3n) is 3.76. The third-order valence-corrected chi connectivity index (χ3v) is 3.76. The highest BCUT2D eigenvalue weighted by molar-refractivity contribution is 5.92. The van der Waals surface area contributed by atoms with Crippen LogP contribution in [-0.2, 0) is 9.59 Å². The molecular weight excluding hydrogens is 258 g/mol. The monoisotopic (exact) mass is 277 g/mol. The second-order valence-corrected chi connectivity index (χ2v) is 5.11. The van der Waals surface area contributed by atoms with Crippen molar-refractivity contribution >= 4 is 11.9 Å². The highest BCUT2D eigenvalue weighted by atomic mass is 16.5. The first kappa shape index (κ1) is 14.4. The third kappa shape index (κ3) is 2.76. The van der Waals surface area contributed by atoms with E-state index in [0.29, 0.717) is 19.3 Å². The first-order valence-corrected chi connectivity index (χ1v) is 6.72. The van der Waals surface area contributed by atoms with Crippen LogP contribution in [0, 0.1) is 0 Å². The first-order valence-electron chi connectivity index (χ1n) is 6.72. The lowest BCUT2D eigenvalue weighted by molar-refractivity contribution is -0.143. The summed E-state index contributed by atoms with van der Waals surface area (Å²) in [7, 11) is 1.59. The highest BCUT2D eigenvalue weighted by Gasteiger charge is 2.52. The molecule has 5 heteroatoms. The maximum absolute atomic E-state index is 12.3. The summed E-state index contributed by atoms with van der Waals surface area (Å²) >= 11 is 0. The molecule has 5 nitrogen and oxygen atoms in total. The SMILES string of the molecule is CCC(C(=O)NC1(C(=O)O)CC1)c1ccc(OC)cc1. The summed E-state index contributed by atoms with van der Waals surface area (Å²) in [4.78, 5) is 23.4. The minimum Gasteiger partial charge on any atom is -0.497 e. The van der Waals surface area contributed by atoms with Gasteiger partial charge in [0.05, 0.1) is 13.0 Å². The predicted octanol–water partition coefficient (Wildman–Crippen LogP) is 1.92. The molecule has 108 valence electrons. The van der Waals surface area contributed by atoms with Gasteiger partial charge in [-0.2, -0.15) is 0 Å². The van der Waals surface area contributed by atoms with E-state index in [-0.39, 0.29) is 11.8 Å². The Bertz CT molecular complexity index is 505. The van der Waals surface area contributed by atoms with Crippen molar-refractivity contribution in [3.63, 3.8) is 0 Å². The molecule has 2 rings (SSSR count). The summed E-state index contributed by atoms with van der Waals surface area (Å²) in [6.45, 7) is 1.91. The molecule has 0 aliphatic heterocycles. The maximum atomic E-state index is 12.3. The molecule has 0 spiro atoms. The van der Waals surface area contributed by atoms with E-state index in [1.165, 1.54) is 0 Å². The van der Waals surface area contributed by atoms with E-state index >= 15 is 0 Å². The van der Waals surface area contributed by atoms with Gasteiger partial charge < -0.3 is 15.2 Å². The minimum atomic E-state index is -1.03. The smallest absolute Gasteiger partial charge is 0.329 e. The number of carbonyl (C=O) groups is 2. The van der Waals surface area contributed by atoms with Crippen LogP contribution in [0.15, 0.2) is 24.3 Å². The summed E-state index contributed by atoms with van der Waals surface area (Å²) in [5.41, 5.74) is -0.163. The van der Waals surface area contributed by atoms with E-state index in [1.54, 1.807) is 19.2 Å². The summed E-state index contributed by atoms with van der Waals surface area (Å²) in [6.07, 6.45) is 1.63. The normalized spacial score (nSPS) is 17.1. The molecule has 1 aromatic rings. The lowest BCUT2D eigenvalue weighted by Gasteiger charge is -2.19. The fourth-order valence-corrected chi connectivity index (χ4v) is 2.25. The van der Waals surface area contributed by atoms with Gasteiger partial charge in [0.25, 0.3) is 0 Å². The second kappa shape index (κ2) is 5.53. The highest BCUT2D eigenvalue weighted by Crippen LogP contribution is 2.36. The molecule has 1 amide bonds. The number of nitrogens with one attached hydrogen (secondary N) is 1. The van der Waals surface area contributed by atoms with Crippen LogP contribution in [0.1, 0.15) is 37.7 Å². The first-order chi connectivity index (χ1) is 9.52. The fourth-order valence-electron chi connectivity index (χ4n) is 2.25. The minimum absolute atomic E-state index is 0.224. The average Bonchev–Trinajstić information content (AvgIpc) is 3.21. The molecule has 2 N–H and O–H groups in total. The molecule has 0 radical (unpaired) electrons. The number of aliphatic carboxylic acids is 1. The number of carboxylic acids is 1. The molecule has 1 saturated carbocycles. The predicted molar refractivity (Wildman–Crippen MR) is 73.8 cm³/mol. The Kier molecular flexibility index (Phi) is 3.97. The molecule has 0 saturated heterocycles. The van der Waals surface area contributed by atoms with E-state index < -0.39 is 11.5 Å². The molecule has 1 aliphatic rings. The van der Waals surface area contributed by atoms with Gasteiger partial charge in [0.15, 0.2) is 0 Å². The van der Waals surface area contributed by atoms with Gasteiger partial charge in [0, 0.05) is 0 Å². The van der Waals surface area contributed by atoms with Crippen LogP contribution >= 0.6 is 0 Å². The van der Waals surface area contributed by atoms with Crippen LogP contribution in [0.5, 0.6) is 5.75 Å². The maximum Gasteiger partial charge on any atom is 0.329 e. The quantitative estimate of drug-likeness (QED) is 0.833. The number of carbonyl (C=O) groups excluding carboxylic acids is 1. The van der Waals surface area contributed by atoms with Crippen molar-refractivity contribution in [1.29, 1.82) is 0 Å². The van der Waals surface area contributed by atoms with Gasteiger partial charge in [-0.1, -0.05) is 19.1 Å². The molecule has 1 aromatic carbocycles. The van der Waals surface area contributed by atoms with Gasteiger partial charge in [0.2, 0.25) is 5.91 Å². The summed E-state index contributed by atoms with van der Waals surface area (Å²) < 4.78 is 5.09. The van der Waals surface area contributed by atoms with Crippen molar-refractivity contribution in [2.45, 2.75) is 37.6 Å². The molecule has 0 aromatic heterocycles. The zero-order valence-electron chi connectivity index (χ0n) is 11.7. The van der Waals surface area contributed by atoms with Crippen LogP contribution in [0.4, 0.5) is 0 Å². The van der Waals surface area contributed by atoms with Crippen LogP contribution in [0.2, 0.25) is 0 Å². The van der Waals surface area contributed by atoms with Crippen molar-refractivity contribution in [3.8, 4) is 5.75 Å². The number of rotatable bonds is 6. The topological polar surface area (TPSA) is 75.6 Å². The number of hydrogen-bond acceptors (Lipinski definition) is 3. The number of carboxylic acid groups (broad SMARTS) is 1. The molecule has 1 atom stereocenters. The van der Waals surface area contributed by atoms with Gasteiger partial charge in [-0.3, -0.25) is 4.79 Å². The Hall–Kier alpha value is -2.04. The number of methoxy groups -OCH3 is 1. The van der Waals surface area contributed by atoms with Crippen LogP contribution < -0.4 is 10.1 Å². The molecule has 1 fully saturated rings. The molecular formula is C15H19NO4. The van der Waals surface area contributed by atoms with E-state index in [1.807, 2.05) is 19.1 Å². The number of hydrogen-bond donors (Lipinski definition) is 2. The van der Waals surface area contributed by atoms with Crippen molar-refractivity contribution in [3.05, 3.63) is 29.8 Å². The summed E-state index contributed by atoms with van der Waals surface area (Å²) in [5.74, 6) is -0.779. The molecule has 1 aliphatic carbocycles. The Morgan fingerprint density at radius 1 is 1.35 bits per heavy atom. The van der Waals surface area contributed by atoms with Crippen LogP contribution in [-0.4, -0.2) is 29.6 Å². The van der Waals surface area contributed by atoms with E-state index in [9.17, 15) is 9.59 Å². The van der Waals surface area contributed by atoms with Crippen molar-refractivity contribution < 1.29 is 19.4 Å². The van der Waals surface area contributed by atoms with E-state index in [2.05, 4.69) is 5.32 Å². The zero-order chi connectivity index (χ0) is 14.8. The zero-order valence-corrected chi connectivity index (χ0v) is 11.7. The number of amides is 1. The fraction of sp³-hybridized carbons (Fsp3) is 0.467. The molecule has 0 heterocycles. The van der Waals surface area contributed by atoms with Gasteiger partial charge in [-0.25, -0.2) is 4.79 Å². The lowest BCUT2D eigenvalue weighted by atomic mass is 9.95. The van der Waals surface area contributed by atoms with Crippen molar-refractivity contribution in [2.75, 3.05) is 7.11 Å². The molecule has 20 heavy (non-hydrogen) atoms. The van der Waals surface area contributed by atoms with Crippen LogP contribution in [0.3, 0.4) is 0 Å². The summed E-state index contributed by atoms with van der Waals surface area (Å²) in [5, 5.41) is 11.8. The van der Waals surface area contributed by atoms with Gasteiger partial charge >= 0.3 is 5.97 Å². The average molecular weight is 277 g/mol. The van der Waals surface area contributed by atoms with E-state index in [0.717, 1.165) is 11.3 Å². The van der Waals surface area contributed by atoms with Gasteiger partial charge in [0.1, 0.15) is 11.3 Å². The van der Waals surface area contributed by atoms with E-state index in [4.69, 9.17) is 9.84 Å². The Morgan fingerprint density at radius 3 is 2.35 bits per heavy atom. The Morgan fingerprint density at radius 2 is 1.95 bits per heavy atom. The largest absolute Gasteiger partial charge is 0.497 e. The van der Waals surface area contributed by atoms with Crippen molar-refractivity contribution in [1.82, 2.24) is 5.32 Å². The number of ether oxygens (including phenoxy) is 1. The standard InChI is InChI=1S/C15H19NO4/c1-3-12(10-4-6-11(20-2)7-5-10)13(17)16-15(8-9-15)14(18)19/h4-7,12H,3,8-9H2,1-2H3,(H,16,17)(H,18,19). The van der Waals surface area contributed by atoms with Crippen molar-refractivity contribution in [2.24, 2.45) is 0 Å². The van der Waals surface area contributed by atoms with Gasteiger partial charge in [-0.15, -0.1) is 0 Å². The van der Waals surface area contributed by atoms with Gasteiger partial charge in [-0.05, 0) is 37.0 Å². The molecule has 1 unspecified atom stereocenters. The Balaban J connectivity index is 2.11. The van der Waals surface area contributed by atoms with Crippen LogP contribution in [0.25, 0.3) is 0 Å². The Labute approximate surface area is 117 Å².